The van der Waals surface area contributed by atoms with E-state index in [2.05, 4.69) is 16.6 Å². The summed E-state index contributed by atoms with van der Waals surface area (Å²) in [5.41, 5.74) is 0.750. The summed E-state index contributed by atoms with van der Waals surface area (Å²) in [6.07, 6.45) is 6.13. The largest absolute Gasteiger partial charge is 0.390 e. The van der Waals surface area contributed by atoms with Gasteiger partial charge >= 0.3 is 0 Å². The maximum absolute atomic E-state index is 8.36. The lowest BCUT2D eigenvalue weighted by Crippen LogP contribution is -1.79. The van der Waals surface area contributed by atoms with E-state index in [0.29, 0.717) is 0 Å². The molecule has 11 heavy (non-hydrogen) atoms. The van der Waals surface area contributed by atoms with Crippen LogP contribution in [0.15, 0.2) is 12.3 Å². The van der Waals surface area contributed by atoms with E-state index in [4.69, 9.17) is 10.2 Å². The predicted octanol–water partition coefficient (Wildman–Crippen LogP) is -0.486. The smallest absolute Gasteiger partial charge is 0.103 e. The molecule has 0 atom stereocenters. The first-order valence-corrected chi connectivity index (χ1v) is 2.98. The molecule has 0 saturated carbocycles. The van der Waals surface area contributed by atoms with Gasteiger partial charge in [0.15, 0.2) is 0 Å². The van der Waals surface area contributed by atoms with Crippen molar-refractivity contribution in [2.45, 2.75) is 6.61 Å². The number of terminal acetylenes is 1. The Hall–Kier alpha value is -1.31. The number of aromatic nitrogens is 2. The summed E-state index contributed by atoms with van der Waals surface area (Å²) in [6.45, 7) is -0.111. The van der Waals surface area contributed by atoms with Crippen LogP contribution in [0, 0.1) is 12.3 Å². The number of nitrogens with zero attached hydrogens (tertiary/aromatic N) is 1. The van der Waals surface area contributed by atoms with Gasteiger partial charge in [0, 0.05) is 6.20 Å². The van der Waals surface area contributed by atoms with Gasteiger partial charge < -0.3 is 10.2 Å². The van der Waals surface area contributed by atoms with E-state index in [-0.39, 0.29) is 13.2 Å². The summed E-state index contributed by atoms with van der Waals surface area (Å²) >= 11 is 0. The topological polar surface area (TPSA) is 69.1 Å². The van der Waals surface area contributed by atoms with Crippen molar-refractivity contribution in [2.24, 2.45) is 0 Å². The average Bonchev–Trinajstić information content (AvgIpc) is 2.56. The summed E-state index contributed by atoms with van der Waals surface area (Å²) in [4.78, 5) is 0. The maximum atomic E-state index is 8.36. The van der Waals surface area contributed by atoms with E-state index in [9.17, 15) is 0 Å². The molecular weight excluding hydrogens is 144 g/mol. The minimum Gasteiger partial charge on any atom is -0.390 e. The summed E-state index contributed by atoms with van der Waals surface area (Å²) < 4.78 is 0. The highest BCUT2D eigenvalue weighted by Gasteiger charge is 1.83. The van der Waals surface area contributed by atoms with Crippen molar-refractivity contribution >= 4 is 0 Å². The molecule has 1 aromatic heterocycles. The van der Waals surface area contributed by atoms with Gasteiger partial charge in [0.05, 0.1) is 12.3 Å². The Morgan fingerprint density at radius 1 is 1.64 bits per heavy atom. The second-order valence-electron chi connectivity index (χ2n) is 1.60. The molecule has 0 bridgehead atoms. The zero-order valence-corrected chi connectivity index (χ0v) is 5.99. The molecule has 60 valence electrons. The van der Waals surface area contributed by atoms with E-state index in [1.165, 1.54) is 0 Å². The van der Waals surface area contributed by atoms with Crippen molar-refractivity contribution in [1.82, 2.24) is 10.2 Å². The van der Waals surface area contributed by atoms with Crippen molar-refractivity contribution in [1.29, 1.82) is 0 Å². The van der Waals surface area contributed by atoms with Crippen LogP contribution >= 0.6 is 0 Å². The van der Waals surface area contributed by atoms with Gasteiger partial charge in [-0.05, 0) is 6.07 Å². The van der Waals surface area contributed by atoms with E-state index in [1.54, 1.807) is 12.3 Å². The number of H-pyrrole nitrogens is 1. The van der Waals surface area contributed by atoms with Crippen LogP contribution in [0.2, 0.25) is 0 Å². The first-order valence-electron chi connectivity index (χ1n) is 2.98. The third-order valence-electron chi connectivity index (χ3n) is 0.820. The Morgan fingerprint density at radius 2 is 2.27 bits per heavy atom. The lowest BCUT2D eigenvalue weighted by molar-refractivity contribution is 0.276. The molecule has 1 rings (SSSR count). The number of hydrogen-bond acceptors (Lipinski definition) is 3. The maximum Gasteiger partial charge on any atom is 0.103 e. The van der Waals surface area contributed by atoms with Gasteiger partial charge in [0.25, 0.3) is 0 Å². The Morgan fingerprint density at radius 3 is 2.45 bits per heavy atom. The average molecular weight is 154 g/mol. The van der Waals surface area contributed by atoms with Crippen molar-refractivity contribution in [2.75, 3.05) is 6.61 Å². The molecule has 0 aromatic carbocycles. The van der Waals surface area contributed by atoms with E-state index < -0.39 is 0 Å². The highest BCUT2D eigenvalue weighted by Crippen LogP contribution is 1.86. The van der Waals surface area contributed by atoms with Crippen LogP contribution in [0.3, 0.4) is 0 Å². The van der Waals surface area contributed by atoms with Crippen LogP contribution in [0.1, 0.15) is 5.69 Å². The monoisotopic (exact) mass is 154 g/mol. The van der Waals surface area contributed by atoms with Crippen molar-refractivity contribution in [3.05, 3.63) is 18.0 Å². The molecule has 0 fully saturated rings. The third-order valence-corrected chi connectivity index (χ3v) is 0.820. The molecule has 0 unspecified atom stereocenters. The Labute approximate surface area is 64.9 Å². The van der Waals surface area contributed by atoms with Crippen LogP contribution in [-0.2, 0) is 6.61 Å². The lowest BCUT2D eigenvalue weighted by Gasteiger charge is -1.79. The predicted molar refractivity (Wildman–Crippen MR) is 40.4 cm³/mol. The Bertz CT molecular complexity index is 201. The zero-order valence-electron chi connectivity index (χ0n) is 5.99. The quantitative estimate of drug-likeness (QED) is 0.478. The van der Waals surface area contributed by atoms with Crippen LogP contribution in [-0.4, -0.2) is 27.0 Å². The molecule has 0 aliphatic heterocycles. The fourth-order valence-electron chi connectivity index (χ4n) is 0.373. The lowest BCUT2D eigenvalue weighted by atomic mass is 10.5. The number of rotatable bonds is 1. The van der Waals surface area contributed by atoms with Crippen molar-refractivity contribution < 1.29 is 10.2 Å². The summed E-state index contributed by atoms with van der Waals surface area (Å²) in [5.74, 6) is 1.99. The zero-order chi connectivity index (χ0) is 8.53. The van der Waals surface area contributed by atoms with E-state index >= 15 is 0 Å². The fraction of sp³-hybridized carbons (Fsp3) is 0.286. The van der Waals surface area contributed by atoms with Gasteiger partial charge in [0.1, 0.15) is 6.61 Å². The van der Waals surface area contributed by atoms with Crippen molar-refractivity contribution in [3.8, 4) is 12.3 Å². The molecular formula is C7H10N2O2. The first-order chi connectivity index (χ1) is 5.35. The highest BCUT2D eigenvalue weighted by molar-refractivity contribution is 4.94. The standard InChI is InChI=1S/C4H6N2O.C3H4O/c7-3-4-1-2-5-6-4;1-2-3-4/h1-2,7H,3H2,(H,5,6);1,4H,3H2. The van der Waals surface area contributed by atoms with Crippen LogP contribution in [0.4, 0.5) is 0 Å². The van der Waals surface area contributed by atoms with E-state index in [0.717, 1.165) is 5.69 Å². The first kappa shape index (κ1) is 9.69. The normalized spacial score (nSPS) is 7.73. The SMILES string of the molecule is C#CCO.OCc1ccn[nH]1. The summed E-state index contributed by atoms with van der Waals surface area (Å²) in [6, 6.07) is 1.72. The molecule has 0 amide bonds. The minimum atomic E-state index is -0.153. The fourth-order valence-corrected chi connectivity index (χ4v) is 0.373. The van der Waals surface area contributed by atoms with Gasteiger partial charge in [-0.25, -0.2) is 0 Å². The number of hydrogen-bond donors (Lipinski definition) is 3. The second-order valence-corrected chi connectivity index (χ2v) is 1.60. The van der Waals surface area contributed by atoms with Gasteiger partial charge in [-0.1, -0.05) is 5.92 Å². The molecule has 0 aliphatic carbocycles. The van der Waals surface area contributed by atoms with Crippen LogP contribution in [0.25, 0.3) is 0 Å². The summed E-state index contributed by atoms with van der Waals surface area (Å²) in [7, 11) is 0. The molecule has 1 heterocycles. The van der Waals surface area contributed by atoms with Gasteiger partial charge in [-0.15, -0.1) is 6.42 Å². The molecule has 4 heteroatoms. The van der Waals surface area contributed by atoms with E-state index in [1.807, 2.05) is 5.92 Å². The second kappa shape index (κ2) is 6.81. The molecule has 0 radical (unpaired) electrons. The molecule has 0 saturated heterocycles. The number of aromatic amines is 1. The number of nitrogens with one attached hydrogen (secondary N) is 1. The highest BCUT2D eigenvalue weighted by atomic mass is 16.3. The Kier molecular flexibility index (Phi) is 5.99. The number of aliphatic hydroxyl groups is 2. The molecule has 3 N–H and O–H groups in total. The Balaban J connectivity index is 0.000000218. The van der Waals surface area contributed by atoms with Crippen molar-refractivity contribution in [3.63, 3.8) is 0 Å². The minimum absolute atomic E-state index is 0.0417. The van der Waals surface area contributed by atoms with Gasteiger partial charge in [-0.3, -0.25) is 5.10 Å². The van der Waals surface area contributed by atoms with Crippen LogP contribution < -0.4 is 0 Å². The number of aliphatic hydroxyl groups excluding tert-OH is 2. The van der Waals surface area contributed by atoms with Crippen LogP contribution in [0.5, 0.6) is 0 Å². The summed E-state index contributed by atoms with van der Waals surface area (Å²) in [5, 5.41) is 22.2. The molecule has 4 nitrogen and oxygen atoms in total. The van der Waals surface area contributed by atoms with Gasteiger partial charge in [-0.2, -0.15) is 5.10 Å². The molecule has 0 spiro atoms. The third kappa shape index (κ3) is 5.15. The molecule has 1 aromatic rings. The van der Waals surface area contributed by atoms with Gasteiger partial charge in [0.2, 0.25) is 0 Å². The molecule has 0 aliphatic rings.